The third-order valence-corrected chi connectivity index (χ3v) is 3.38. The number of piperidine rings is 1. The van der Waals surface area contributed by atoms with Crippen LogP contribution < -0.4 is 11.3 Å². The highest BCUT2D eigenvalue weighted by Gasteiger charge is 2.25. The van der Waals surface area contributed by atoms with Gasteiger partial charge in [-0.25, -0.2) is 0 Å². The van der Waals surface area contributed by atoms with Gasteiger partial charge in [-0.05, 0) is 38.3 Å². The van der Waals surface area contributed by atoms with Crippen LogP contribution in [0.4, 0.5) is 5.69 Å². The van der Waals surface area contributed by atoms with E-state index in [4.69, 9.17) is 5.84 Å². The molecular formula is C13H19N3O. The van der Waals surface area contributed by atoms with Gasteiger partial charge < -0.3 is 10.3 Å². The van der Waals surface area contributed by atoms with E-state index in [1.54, 1.807) is 0 Å². The Morgan fingerprint density at radius 1 is 1.41 bits per heavy atom. The first-order valence-corrected chi connectivity index (χ1v) is 6.10. The maximum atomic E-state index is 12.4. The molecule has 1 aliphatic heterocycles. The Kier molecular flexibility index (Phi) is 3.64. The van der Waals surface area contributed by atoms with Crippen molar-refractivity contribution in [2.45, 2.75) is 32.2 Å². The van der Waals surface area contributed by atoms with Crippen LogP contribution in [0.2, 0.25) is 0 Å². The minimum absolute atomic E-state index is 0.0748. The predicted octanol–water partition coefficient (Wildman–Crippen LogP) is 1.99. The molecule has 0 aliphatic carbocycles. The monoisotopic (exact) mass is 233 g/mol. The molecule has 4 heteroatoms. The summed E-state index contributed by atoms with van der Waals surface area (Å²) >= 11 is 0. The summed E-state index contributed by atoms with van der Waals surface area (Å²) < 4.78 is 0. The average Bonchev–Trinajstić information content (AvgIpc) is 2.38. The lowest BCUT2D eigenvalue weighted by atomic mass is 10.0. The molecule has 92 valence electrons. The molecule has 1 atom stereocenters. The van der Waals surface area contributed by atoms with Gasteiger partial charge in [0.25, 0.3) is 5.91 Å². The number of hydrazine groups is 1. The number of para-hydroxylation sites is 1. The number of amides is 1. The summed E-state index contributed by atoms with van der Waals surface area (Å²) in [6.45, 7) is 2.95. The Balaban J connectivity index is 2.23. The molecule has 1 aromatic rings. The Hall–Kier alpha value is -1.55. The zero-order chi connectivity index (χ0) is 12.3. The minimum atomic E-state index is 0.0748. The molecule has 1 aromatic carbocycles. The van der Waals surface area contributed by atoms with Crippen LogP contribution in [0.1, 0.15) is 36.5 Å². The van der Waals surface area contributed by atoms with Crippen LogP contribution in [0.15, 0.2) is 24.3 Å². The standard InChI is InChI=1S/C13H19N3O/c1-10-6-4-5-9-16(10)13(17)11-7-2-3-8-12(11)15-14/h2-3,7-8,10,15H,4-6,9,14H2,1H3. The van der Waals surface area contributed by atoms with Crippen molar-refractivity contribution in [3.8, 4) is 0 Å². The molecule has 1 heterocycles. The number of carbonyl (C=O) groups is 1. The fourth-order valence-electron chi connectivity index (χ4n) is 2.35. The first-order chi connectivity index (χ1) is 8.24. The number of nitrogen functional groups attached to an aromatic ring is 1. The van der Waals surface area contributed by atoms with E-state index in [-0.39, 0.29) is 5.91 Å². The van der Waals surface area contributed by atoms with Gasteiger partial charge in [-0.15, -0.1) is 0 Å². The van der Waals surface area contributed by atoms with E-state index in [1.165, 1.54) is 6.42 Å². The first kappa shape index (κ1) is 11.9. The summed E-state index contributed by atoms with van der Waals surface area (Å²) in [6.07, 6.45) is 3.39. The molecule has 0 radical (unpaired) electrons. The van der Waals surface area contributed by atoms with Gasteiger partial charge >= 0.3 is 0 Å². The topological polar surface area (TPSA) is 58.4 Å². The second kappa shape index (κ2) is 5.19. The van der Waals surface area contributed by atoms with Crippen molar-refractivity contribution in [3.63, 3.8) is 0 Å². The van der Waals surface area contributed by atoms with Gasteiger partial charge in [-0.1, -0.05) is 12.1 Å². The number of benzene rings is 1. The molecule has 4 nitrogen and oxygen atoms in total. The average molecular weight is 233 g/mol. The summed E-state index contributed by atoms with van der Waals surface area (Å²) in [5.74, 6) is 5.51. The molecule has 0 spiro atoms. The molecule has 17 heavy (non-hydrogen) atoms. The van der Waals surface area contributed by atoms with Gasteiger partial charge in [0.2, 0.25) is 0 Å². The number of nitrogens with two attached hydrogens (primary N) is 1. The molecule has 2 rings (SSSR count). The summed E-state index contributed by atoms with van der Waals surface area (Å²) in [7, 11) is 0. The van der Waals surface area contributed by atoms with E-state index >= 15 is 0 Å². The number of likely N-dealkylation sites (tertiary alicyclic amines) is 1. The number of hydrogen-bond donors (Lipinski definition) is 2. The van der Waals surface area contributed by atoms with Crippen LogP contribution in [-0.4, -0.2) is 23.4 Å². The summed E-state index contributed by atoms with van der Waals surface area (Å²) in [6, 6.07) is 7.69. The third-order valence-electron chi connectivity index (χ3n) is 3.38. The highest BCUT2D eigenvalue weighted by atomic mass is 16.2. The zero-order valence-electron chi connectivity index (χ0n) is 10.1. The van der Waals surface area contributed by atoms with E-state index in [0.717, 1.165) is 19.4 Å². The highest BCUT2D eigenvalue weighted by molar-refractivity contribution is 5.99. The largest absolute Gasteiger partial charge is 0.336 e. The quantitative estimate of drug-likeness (QED) is 0.606. The number of nitrogens with zero attached hydrogens (tertiary/aromatic N) is 1. The molecule has 1 aliphatic rings. The Morgan fingerprint density at radius 3 is 2.88 bits per heavy atom. The summed E-state index contributed by atoms with van der Waals surface area (Å²) in [4.78, 5) is 14.4. The number of carbonyl (C=O) groups excluding carboxylic acids is 1. The zero-order valence-corrected chi connectivity index (χ0v) is 10.1. The van der Waals surface area contributed by atoms with Gasteiger partial charge in [0.1, 0.15) is 0 Å². The maximum Gasteiger partial charge on any atom is 0.256 e. The number of anilines is 1. The maximum absolute atomic E-state index is 12.4. The minimum Gasteiger partial charge on any atom is -0.336 e. The van der Waals surface area contributed by atoms with Crippen LogP contribution in [0, 0.1) is 0 Å². The van der Waals surface area contributed by atoms with E-state index in [9.17, 15) is 4.79 Å². The van der Waals surface area contributed by atoms with Crippen molar-refractivity contribution >= 4 is 11.6 Å². The third kappa shape index (κ3) is 2.42. The Bertz CT molecular complexity index is 405. The predicted molar refractivity (Wildman–Crippen MR) is 68.6 cm³/mol. The van der Waals surface area contributed by atoms with E-state index < -0.39 is 0 Å². The fraction of sp³-hybridized carbons (Fsp3) is 0.462. The SMILES string of the molecule is CC1CCCCN1C(=O)c1ccccc1NN. The number of rotatable bonds is 2. The molecule has 0 aromatic heterocycles. The summed E-state index contributed by atoms with van der Waals surface area (Å²) in [5.41, 5.74) is 3.93. The molecule has 1 amide bonds. The van der Waals surface area contributed by atoms with Crippen LogP contribution >= 0.6 is 0 Å². The first-order valence-electron chi connectivity index (χ1n) is 6.10. The lowest BCUT2D eigenvalue weighted by Gasteiger charge is -2.33. The molecule has 0 bridgehead atoms. The van der Waals surface area contributed by atoms with E-state index in [0.29, 0.717) is 17.3 Å². The van der Waals surface area contributed by atoms with Crippen molar-refractivity contribution < 1.29 is 4.79 Å². The van der Waals surface area contributed by atoms with Crippen molar-refractivity contribution in [1.82, 2.24) is 4.90 Å². The molecular weight excluding hydrogens is 214 g/mol. The number of hydrogen-bond acceptors (Lipinski definition) is 3. The van der Waals surface area contributed by atoms with Gasteiger partial charge in [-0.3, -0.25) is 10.6 Å². The van der Waals surface area contributed by atoms with E-state index in [1.807, 2.05) is 29.2 Å². The van der Waals surface area contributed by atoms with Crippen molar-refractivity contribution in [2.75, 3.05) is 12.0 Å². The van der Waals surface area contributed by atoms with Gasteiger partial charge in [0.15, 0.2) is 0 Å². The second-order valence-corrected chi connectivity index (χ2v) is 4.53. The van der Waals surface area contributed by atoms with Gasteiger partial charge in [0.05, 0.1) is 11.3 Å². The lowest BCUT2D eigenvalue weighted by molar-refractivity contribution is 0.0636. The lowest BCUT2D eigenvalue weighted by Crippen LogP contribution is -2.42. The highest BCUT2D eigenvalue weighted by Crippen LogP contribution is 2.22. The molecule has 3 N–H and O–H groups in total. The van der Waals surface area contributed by atoms with Crippen LogP contribution in [0.3, 0.4) is 0 Å². The molecule has 1 saturated heterocycles. The second-order valence-electron chi connectivity index (χ2n) is 4.53. The summed E-state index contributed by atoms with van der Waals surface area (Å²) in [5, 5.41) is 0. The molecule has 0 saturated carbocycles. The molecule has 1 fully saturated rings. The van der Waals surface area contributed by atoms with Gasteiger partial charge in [0, 0.05) is 12.6 Å². The van der Waals surface area contributed by atoms with Crippen molar-refractivity contribution in [3.05, 3.63) is 29.8 Å². The Labute approximate surface area is 102 Å². The Morgan fingerprint density at radius 2 is 2.18 bits per heavy atom. The van der Waals surface area contributed by atoms with Crippen LogP contribution in [0.25, 0.3) is 0 Å². The fourth-order valence-corrected chi connectivity index (χ4v) is 2.35. The smallest absolute Gasteiger partial charge is 0.256 e. The molecule has 1 unspecified atom stereocenters. The normalized spacial score (nSPS) is 20.1. The van der Waals surface area contributed by atoms with Crippen molar-refractivity contribution in [1.29, 1.82) is 0 Å². The van der Waals surface area contributed by atoms with Gasteiger partial charge in [-0.2, -0.15) is 0 Å². The van der Waals surface area contributed by atoms with E-state index in [2.05, 4.69) is 12.3 Å². The van der Waals surface area contributed by atoms with Crippen molar-refractivity contribution in [2.24, 2.45) is 5.84 Å². The number of nitrogens with one attached hydrogen (secondary N) is 1. The van der Waals surface area contributed by atoms with Crippen LogP contribution in [-0.2, 0) is 0 Å². The van der Waals surface area contributed by atoms with Crippen LogP contribution in [0.5, 0.6) is 0 Å².